The van der Waals surface area contributed by atoms with E-state index in [4.69, 9.17) is 11.6 Å². The van der Waals surface area contributed by atoms with E-state index in [0.29, 0.717) is 40.8 Å². The molecule has 2 amide bonds. The molecule has 2 aliphatic rings. The molecule has 0 N–H and O–H groups in total. The van der Waals surface area contributed by atoms with Crippen LogP contribution in [-0.4, -0.2) is 54.4 Å². The number of piperazine rings is 1. The molecule has 116 valence electrons. The predicted molar refractivity (Wildman–Crippen MR) is 88.3 cm³/mol. The highest BCUT2D eigenvalue weighted by atomic mass is 79.9. The first-order valence-corrected chi connectivity index (χ1v) is 7.92. The maximum absolute atomic E-state index is 12.6. The van der Waals surface area contributed by atoms with Crippen LogP contribution in [0.5, 0.6) is 0 Å². The number of nitrogens with zero attached hydrogens (tertiary/aromatic N) is 4. The van der Waals surface area contributed by atoms with Gasteiger partial charge in [0, 0.05) is 20.1 Å². The molecular weight excluding hydrogens is 372 g/mol. The second-order valence-electron chi connectivity index (χ2n) is 5.20. The molecule has 1 aromatic rings. The number of aromatic nitrogens is 1. The minimum Gasteiger partial charge on any atom is -0.339 e. The number of carbonyl (C=O) groups excluding carboxylic acids is 2. The van der Waals surface area contributed by atoms with Crippen molar-refractivity contribution in [1.29, 1.82) is 0 Å². The van der Waals surface area contributed by atoms with Crippen LogP contribution in [0.1, 0.15) is 0 Å². The number of carbonyl (C=O) groups is 2. The molecule has 1 aromatic heterocycles. The Morgan fingerprint density at radius 1 is 1.55 bits per heavy atom. The highest BCUT2D eigenvalue weighted by molar-refractivity contribution is 9.10. The lowest BCUT2D eigenvalue weighted by molar-refractivity contribution is -0.128. The lowest BCUT2D eigenvalue weighted by atomic mass is 10.1. The minimum atomic E-state index is -0.445. The molecule has 0 radical (unpaired) electrons. The third-order valence-electron chi connectivity index (χ3n) is 4.01. The van der Waals surface area contributed by atoms with E-state index in [1.54, 1.807) is 22.9 Å². The fourth-order valence-electron chi connectivity index (χ4n) is 2.83. The maximum atomic E-state index is 12.6. The summed E-state index contributed by atoms with van der Waals surface area (Å²) >= 11 is 9.43. The van der Waals surface area contributed by atoms with Crippen LogP contribution in [0, 0.1) is 0 Å². The van der Waals surface area contributed by atoms with Crippen LogP contribution in [0.4, 0.5) is 11.5 Å². The van der Waals surface area contributed by atoms with Gasteiger partial charge in [-0.25, -0.2) is 4.98 Å². The quantitative estimate of drug-likeness (QED) is 0.545. The molecule has 6 nitrogen and oxygen atoms in total. The highest BCUT2D eigenvalue weighted by Crippen LogP contribution is 2.39. The van der Waals surface area contributed by atoms with E-state index >= 15 is 0 Å². The molecule has 0 bridgehead atoms. The molecule has 22 heavy (non-hydrogen) atoms. The second-order valence-corrected chi connectivity index (χ2v) is 6.41. The van der Waals surface area contributed by atoms with Crippen molar-refractivity contribution < 1.29 is 9.59 Å². The van der Waals surface area contributed by atoms with E-state index in [9.17, 15) is 9.59 Å². The van der Waals surface area contributed by atoms with E-state index in [1.165, 1.54) is 6.08 Å². The van der Waals surface area contributed by atoms with Gasteiger partial charge < -0.3 is 14.7 Å². The summed E-state index contributed by atoms with van der Waals surface area (Å²) in [5.74, 6) is 0.443. The highest BCUT2D eigenvalue weighted by Gasteiger charge is 2.42. The molecule has 0 unspecified atom stereocenters. The molecule has 8 heteroatoms. The van der Waals surface area contributed by atoms with Crippen LogP contribution in [-0.2, 0) is 9.59 Å². The van der Waals surface area contributed by atoms with Gasteiger partial charge in [0.1, 0.15) is 11.2 Å². The van der Waals surface area contributed by atoms with Crippen molar-refractivity contribution in [3.63, 3.8) is 0 Å². The van der Waals surface area contributed by atoms with Gasteiger partial charge in [-0.05, 0) is 28.1 Å². The number of hydrogen-bond acceptors (Lipinski definition) is 4. The first kappa shape index (κ1) is 15.3. The van der Waals surface area contributed by atoms with Crippen molar-refractivity contribution in [3.8, 4) is 0 Å². The van der Waals surface area contributed by atoms with Crippen LogP contribution in [0.3, 0.4) is 0 Å². The number of likely N-dealkylation sites (N-methyl/N-ethyl adjacent to an activating group) is 1. The Labute approximate surface area is 141 Å². The largest absolute Gasteiger partial charge is 0.339 e. The second kappa shape index (κ2) is 5.55. The smallest absolute Gasteiger partial charge is 0.251 e. The third kappa shape index (κ3) is 2.28. The zero-order chi connectivity index (χ0) is 16.0. The van der Waals surface area contributed by atoms with Gasteiger partial charge in [-0.2, -0.15) is 0 Å². The van der Waals surface area contributed by atoms with E-state index in [2.05, 4.69) is 27.5 Å². The molecule has 2 aliphatic heterocycles. The number of rotatable bonds is 1. The summed E-state index contributed by atoms with van der Waals surface area (Å²) < 4.78 is 0.645. The molecule has 1 fully saturated rings. The van der Waals surface area contributed by atoms with Crippen molar-refractivity contribution in [3.05, 3.63) is 28.3 Å². The normalized spacial score (nSPS) is 20.6. The number of pyridine rings is 1. The average Bonchev–Trinajstić information content (AvgIpc) is 2.53. The predicted octanol–water partition coefficient (Wildman–Crippen LogP) is 1.68. The molecule has 0 aliphatic carbocycles. The fraction of sp³-hybridized carbons (Fsp3) is 0.357. The number of amides is 2. The summed E-state index contributed by atoms with van der Waals surface area (Å²) in [5.41, 5.74) is 0.709. The Kier molecular flexibility index (Phi) is 3.86. The van der Waals surface area contributed by atoms with Crippen LogP contribution in [0.2, 0.25) is 5.15 Å². The summed E-state index contributed by atoms with van der Waals surface area (Å²) in [6.45, 7) is 4.87. The van der Waals surface area contributed by atoms with Gasteiger partial charge in [0.15, 0.2) is 5.82 Å². The standard InChI is InChI=1S/C14H14BrClN4O2/c1-3-11(21)19-4-5-20-10(7-19)14(22)18(2)9-6-8(15)12(16)17-13(9)20/h3,6,10H,1,4-5,7H2,2H3/t10-/m1/s1. The summed E-state index contributed by atoms with van der Waals surface area (Å²) in [4.78, 5) is 33.9. The minimum absolute atomic E-state index is 0.0647. The van der Waals surface area contributed by atoms with E-state index in [0.717, 1.165) is 0 Å². The third-order valence-corrected chi connectivity index (χ3v) is 5.13. The molecule has 1 atom stereocenters. The first-order chi connectivity index (χ1) is 10.4. The van der Waals surface area contributed by atoms with E-state index in [1.807, 2.05) is 4.90 Å². The fourth-order valence-corrected chi connectivity index (χ4v) is 3.27. The van der Waals surface area contributed by atoms with Gasteiger partial charge in [-0.1, -0.05) is 18.2 Å². The Morgan fingerprint density at radius 3 is 2.95 bits per heavy atom. The van der Waals surface area contributed by atoms with Gasteiger partial charge in [0.2, 0.25) is 5.91 Å². The monoisotopic (exact) mass is 384 g/mol. The van der Waals surface area contributed by atoms with Crippen LogP contribution < -0.4 is 9.80 Å². The van der Waals surface area contributed by atoms with Crippen LogP contribution >= 0.6 is 27.5 Å². The zero-order valence-corrected chi connectivity index (χ0v) is 14.3. The Balaban J connectivity index is 2.01. The Hall–Kier alpha value is -1.60. The van der Waals surface area contributed by atoms with Crippen molar-refractivity contribution in [1.82, 2.24) is 9.88 Å². The molecular formula is C14H14BrClN4O2. The van der Waals surface area contributed by atoms with Crippen molar-refractivity contribution >= 4 is 50.9 Å². The van der Waals surface area contributed by atoms with Crippen molar-refractivity contribution in [2.45, 2.75) is 6.04 Å². The van der Waals surface area contributed by atoms with Crippen molar-refractivity contribution in [2.75, 3.05) is 36.5 Å². The zero-order valence-electron chi connectivity index (χ0n) is 11.9. The lowest BCUT2D eigenvalue weighted by Crippen LogP contribution is -2.63. The van der Waals surface area contributed by atoms with E-state index in [-0.39, 0.29) is 11.8 Å². The number of hydrogen-bond donors (Lipinski definition) is 0. The van der Waals surface area contributed by atoms with Gasteiger partial charge >= 0.3 is 0 Å². The topological polar surface area (TPSA) is 56.8 Å². The summed E-state index contributed by atoms with van der Waals surface area (Å²) in [6, 6.07) is 1.35. The van der Waals surface area contributed by atoms with Gasteiger partial charge in [0.05, 0.1) is 16.7 Å². The Bertz CT molecular complexity index is 681. The summed E-state index contributed by atoms with van der Waals surface area (Å²) in [6.07, 6.45) is 1.27. The van der Waals surface area contributed by atoms with Crippen LogP contribution in [0.15, 0.2) is 23.2 Å². The van der Waals surface area contributed by atoms with Gasteiger partial charge in [-0.15, -0.1) is 0 Å². The first-order valence-electron chi connectivity index (χ1n) is 6.75. The summed E-state index contributed by atoms with van der Waals surface area (Å²) in [7, 11) is 1.70. The molecule has 0 spiro atoms. The molecule has 3 rings (SSSR count). The number of fused-ring (bicyclic) bond motifs is 3. The average molecular weight is 386 g/mol. The number of anilines is 2. The van der Waals surface area contributed by atoms with Gasteiger partial charge in [0.25, 0.3) is 5.91 Å². The molecule has 3 heterocycles. The van der Waals surface area contributed by atoms with Crippen LogP contribution in [0.25, 0.3) is 0 Å². The van der Waals surface area contributed by atoms with E-state index < -0.39 is 6.04 Å². The Morgan fingerprint density at radius 2 is 2.27 bits per heavy atom. The lowest BCUT2D eigenvalue weighted by Gasteiger charge is -2.46. The molecule has 1 saturated heterocycles. The van der Waals surface area contributed by atoms with Gasteiger partial charge in [-0.3, -0.25) is 9.59 Å². The number of halogens is 2. The maximum Gasteiger partial charge on any atom is 0.251 e. The molecule has 0 saturated carbocycles. The molecule has 0 aromatic carbocycles. The SMILES string of the molecule is C=CC(=O)N1CCN2c3nc(Cl)c(Br)cc3N(C)C(=O)[C@H]2C1. The van der Waals surface area contributed by atoms with Crippen molar-refractivity contribution in [2.24, 2.45) is 0 Å². The summed E-state index contributed by atoms with van der Waals surface area (Å²) in [5, 5.41) is 0.352.